The van der Waals surface area contributed by atoms with Gasteiger partial charge in [-0.3, -0.25) is 4.79 Å². The number of carbonyl (C=O) groups is 1. The van der Waals surface area contributed by atoms with Crippen molar-refractivity contribution in [1.82, 2.24) is 10.2 Å². The van der Waals surface area contributed by atoms with Crippen LogP contribution in [0.1, 0.15) is 32.1 Å². The monoisotopic (exact) mass is 208 g/mol. The van der Waals surface area contributed by atoms with Crippen molar-refractivity contribution >= 4 is 5.91 Å². The van der Waals surface area contributed by atoms with Crippen molar-refractivity contribution in [2.45, 2.75) is 32.1 Å². The fourth-order valence-corrected chi connectivity index (χ4v) is 3.05. The SMILES string of the molecule is O=C1CC2(CCNCC2)CN1CC1CC1. The van der Waals surface area contributed by atoms with E-state index in [0.29, 0.717) is 11.3 Å². The molecule has 0 radical (unpaired) electrons. The molecule has 2 aliphatic heterocycles. The Labute approximate surface area is 91.2 Å². The van der Waals surface area contributed by atoms with E-state index in [1.54, 1.807) is 0 Å². The van der Waals surface area contributed by atoms with E-state index >= 15 is 0 Å². The molecule has 0 aromatic heterocycles. The Hall–Kier alpha value is -0.570. The van der Waals surface area contributed by atoms with Crippen LogP contribution < -0.4 is 5.32 Å². The van der Waals surface area contributed by atoms with Crippen LogP contribution in [-0.2, 0) is 4.79 Å². The molecule has 1 spiro atoms. The molecule has 1 saturated carbocycles. The van der Waals surface area contributed by atoms with Crippen LogP contribution in [0.3, 0.4) is 0 Å². The molecular formula is C12H20N2O. The molecule has 2 heterocycles. The van der Waals surface area contributed by atoms with Crippen LogP contribution in [0.15, 0.2) is 0 Å². The summed E-state index contributed by atoms with van der Waals surface area (Å²) in [5, 5.41) is 3.39. The Morgan fingerprint density at radius 2 is 2.07 bits per heavy atom. The molecule has 2 saturated heterocycles. The maximum Gasteiger partial charge on any atom is 0.223 e. The summed E-state index contributed by atoms with van der Waals surface area (Å²) in [7, 11) is 0. The number of nitrogens with zero attached hydrogens (tertiary/aromatic N) is 1. The molecule has 84 valence electrons. The molecule has 3 nitrogen and oxygen atoms in total. The molecule has 3 fully saturated rings. The molecule has 0 aromatic carbocycles. The highest BCUT2D eigenvalue weighted by molar-refractivity contribution is 5.79. The second-order valence-corrected chi connectivity index (χ2v) is 5.64. The lowest BCUT2D eigenvalue weighted by molar-refractivity contribution is -0.128. The molecule has 3 aliphatic rings. The Bertz CT molecular complexity index is 267. The predicted octanol–water partition coefficient (Wildman–Crippen LogP) is 0.998. The summed E-state index contributed by atoms with van der Waals surface area (Å²) in [6.45, 7) is 4.30. The minimum absolute atomic E-state index is 0.344. The van der Waals surface area contributed by atoms with Gasteiger partial charge in [0.25, 0.3) is 0 Å². The van der Waals surface area contributed by atoms with E-state index in [1.165, 1.54) is 25.7 Å². The number of amides is 1. The van der Waals surface area contributed by atoms with Gasteiger partial charge in [0.15, 0.2) is 0 Å². The van der Waals surface area contributed by atoms with Crippen molar-refractivity contribution in [2.24, 2.45) is 11.3 Å². The second kappa shape index (κ2) is 3.48. The maximum atomic E-state index is 11.9. The Kier molecular flexibility index (Phi) is 2.23. The van der Waals surface area contributed by atoms with E-state index in [4.69, 9.17) is 0 Å². The van der Waals surface area contributed by atoms with Gasteiger partial charge in [0, 0.05) is 19.5 Å². The molecule has 0 aromatic rings. The van der Waals surface area contributed by atoms with Gasteiger partial charge >= 0.3 is 0 Å². The first-order chi connectivity index (χ1) is 7.27. The van der Waals surface area contributed by atoms with E-state index in [2.05, 4.69) is 10.2 Å². The summed E-state index contributed by atoms with van der Waals surface area (Å²) in [6, 6.07) is 0. The van der Waals surface area contributed by atoms with Gasteiger partial charge in [-0.05, 0) is 50.1 Å². The predicted molar refractivity (Wildman–Crippen MR) is 58.5 cm³/mol. The third kappa shape index (κ3) is 1.89. The van der Waals surface area contributed by atoms with Crippen molar-refractivity contribution in [3.8, 4) is 0 Å². The van der Waals surface area contributed by atoms with E-state index in [1.807, 2.05) is 0 Å². The van der Waals surface area contributed by atoms with Gasteiger partial charge in [-0.2, -0.15) is 0 Å². The molecule has 0 unspecified atom stereocenters. The molecule has 3 heteroatoms. The summed E-state index contributed by atoms with van der Waals surface area (Å²) in [5.74, 6) is 1.26. The zero-order chi connectivity index (χ0) is 10.3. The van der Waals surface area contributed by atoms with Crippen molar-refractivity contribution in [1.29, 1.82) is 0 Å². The van der Waals surface area contributed by atoms with E-state index in [0.717, 1.165) is 38.5 Å². The average molecular weight is 208 g/mol. The standard InChI is InChI=1S/C12H20N2O/c15-11-7-12(3-5-13-6-4-12)9-14(11)8-10-1-2-10/h10,13H,1-9H2. The number of carbonyl (C=O) groups excluding carboxylic acids is 1. The molecule has 3 rings (SSSR count). The highest BCUT2D eigenvalue weighted by Crippen LogP contribution is 2.41. The van der Waals surface area contributed by atoms with Crippen LogP contribution >= 0.6 is 0 Å². The van der Waals surface area contributed by atoms with Gasteiger partial charge in [0.1, 0.15) is 0 Å². The van der Waals surface area contributed by atoms with Crippen molar-refractivity contribution in [3.63, 3.8) is 0 Å². The van der Waals surface area contributed by atoms with Crippen LogP contribution in [0, 0.1) is 11.3 Å². The molecule has 15 heavy (non-hydrogen) atoms. The molecule has 1 aliphatic carbocycles. The Morgan fingerprint density at radius 1 is 1.33 bits per heavy atom. The zero-order valence-corrected chi connectivity index (χ0v) is 9.30. The maximum absolute atomic E-state index is 11.9. The fourth-order valence-electron chi connectivity index (χ4n) is 3.05. The van der Waals surface area contributed by atoms with Crippen LogP contribution in [0.2, 0.25) is 0 Å². The average Bonchev–Trinajstić information content (AvgIpc) is 2.97. The van der Waals surface area contributed by atoms with Crippen LogP contribution in [0.4, 0.5) is 0 Å². The fraction of sp³-hybridized carbons (Fsp3) is 0.917. The van der Waals surface area contributed by atoms with E-state index in [9.17, 15) is 4.79 Å². The van der Waals surface area contributed by atoms with Gasteiger partial charge in [-0.15, -0.1) is 0 Å². The molecule has 1 amide bonds. The highest BCUT2D eigenvalue weighted by atomic mass is 16.2. The minimum atomic E-state index is 0.344. The summed E-state index contributed by atoms with van der Waals surface area (Å²) in [4.78, 5) is 14.1. The van der Waals surface area contributed by atoms with Crippen LogP contribution in [0.5, 0.6) is 0 Å². The number of piperidine rings is 1. The Balaban J connectivity index is 1.65. The van der Waals surface area contributed by atoms with E-state index in [-0.39, 0.29) is 0 Å². The molecule has 0 atom stereocenters. The van der Waals surface area contributed by atoms with Gasteiger partial charge in [-0.1, -0.05) is 0 Å². The number of hydrogen-bond acceptors (Lipinski definition) is 2. The summed E-state index contributed by atoms with van der Waals surface area (Å²) < 4.78 is 0. The number of likely N-dealkylation sites (tertiary alicyclic amines) is 1. The van der Waals surface area contributed by atoms with Crippen LogP contribution in [0.25, 0.3) is 0 Å². The lowest BCUT2D eigenvalue weighted by Gasteiger charge is -2.33. The smallest absolute Gasteiger partial charge is 0.223 e. The third-order valence-corrected chi connectivity index (χ3v) is 4.24. The first-order valence-corrected chi connectivity index (χ1v) is 6.26. The third-order valence-electron chi connectivity index (χ3n) is 4.24. The Morgan fingerprint density at radius 3 is 2.73 bits per heavy atom. The lowest BCUT2D eigenvalue weighted by atomic mass is 9.78. The molecule has 0 bridgehead atoms. The first kappa shape index (κ1) is 9.64. The van der Waals surface area contributed by atoms with Gasteiger partial charge in [0.05, 0.1) is 0 Å². The van der Waals surface area contributed by atoms with E-state index < -0.39 is 0 Å². The number of rotatable bonds is 2. The van der Waals surface area contributed by atoms with Crippen LogP contribution in [-0.4, -0.2) is 37.0 Å². The van der Waals surface area contributed by atoms with Gasteiger partial charge < -0.3 is 10.2 Å². The second-order valence-electron chi connectivity index (χ2n) is 5.64. The zero-order valence-electron chi connectivity index (χ0n) is 9.30. The van der Waals surface area contributed by atoms with Crippen molar-refractivity contribution in [2.75, 3.05) is 26.2 Å². The topological polar surface area (TPSA) is 32.3 Å². The quantitative estimate of drug-likeness (QED) is 0.734. The normalized spacial score (nSPS) is 30.1. The first-order valence-electron chi connectivity index (χ1n) is 6.26. The number of hydrogen-bond donors (Lipinski definition) is 1. The van der Waals surface area contributed by atoms with Crippen molar-refractivity contribution < 1.29 is 4.79 Å². The number of nitrogens with one attached hydrogen (secondary N) is 1. The largest absolute Gasteiger partial charge is 0.342 e. The highest BCUT2D eigenvalue weighted by Gasteiger charge is 2.44. The summed E-state index contributed by atoms with van der Waals surface area (Å²) >= 11 is 0. The molecular weight excluding hydrogens is 188 g/mol. The minimum Gasteiger partial charge on any atom is -0.342 e. The summed E-state index contributed by atoms with van der Waals surface area (Å²) in [5.41, 5.74) is 0.344. The van der Waals surface area contributed by atoms with Gasteiger partial charge in [0.2, 0.25) is 5.91 Å². The summed E-state index contributed by atoms with van der Waals surface area (Å²) in [6.07, 6.45) is 5.90. The lowest BCUT2D eigenvalue weighted by Crippen LogP contribution is -2.39. The molecule has 1 N–H and O–H groups in total. The van der Waals surface area contributed by atoms with Gasteiger partial charge in [-0.25, -0.2) is 0 Å². The van der Waals surface area contributed by atoms with Crippen molar-refractivity contribution in [3.05, 3.63) is 0 Å².